The van der Waals surface area contributed by atoms with Crippen molar-refractivity contribution in [2.24, 2.45) is 0 Å². The van der Waals surface area contributed by atoms with Gasteiger partial charge in [0.2, 0.25) is 0 Å². The van der Waals surface area contributed by atoms with Gasteiger partial charge in [-0.1, -0.05) is 28.1 Å². The lowest BCUT2D eigenvalue weighted by Crippen LogP contribution is -2.36. The maximum atomic E-state index is 4.20. The average Bonchev–Trinajstić information content (AvgIpc) is 2.48. The van der Waals surface area contributed by atoms with Gasteiger partial charge in [0.15, 0.2) is 0 Å². The normalized spacial score (nSPS) is 19.4. The second-order valence-corrected chi connectivity index (χ2v) is 6.44. The molecule has 0 radical (unpaired) electrons. The van der Waals surface area contributed by atoms with E-state index in [0.29, 0.717) is 12.1 Å². The molecule has 2 aromatic rings. The Morgan fingerprint density at radius 3 is 3.00 bits per heavy atom. The van der Waals surface area contributed by atoms with Gasteiger partial charge in [-0.3, -0.25) is 4.98 Å². The molecule has 104 valence electrons. The summed E-state index contributed by atoms with van der Waals surface area (Å²) in [7, 11) is 0. The van der Waals surface area contributed by atoms with Crippen molar-refractivity contribution in [1.29, 1.82) is 0 Å². The van der Waals surface area contributed by atoms with Crippen molar-refractivity contribution >= 4 is 15.9 Å². The van der Waals surface area contributed by atoms with Crippen molar-refractivity contribution in [1.82, 2.24) is 10.3 Å². The van der Waals surface area contributed by atoms with Gasteiger partial charge in [-0.25, -0.2) is 0 Å². The van der Waals surface area contributed by atoms with Gasteiger partial charge >= 0.3 is 0 Å². The third-order valence-corrected chi connectivity index (χ3v) is 4.56. The number of fused-ring (bicyclic) bond motifs is 1. The fourth-order valence-electron chi connectivity index (χ4n) is 2.95. The first-order valence-corrected chi connectivity index (χ1v) is 7.95. The van der Waals surface area contributed by atoms with Crippen LogP contribution in [0.5, 0.6) is 0 Å². The maximum absolute atomic E-state index is 4.20. The molecule has 1 aliphatic carbocycles. The van der Waals surface area contributed by atoms with Crippen LogP contribution in [0, 0.1) is 0 Å². The molecule has 0 aliphatic heterocycles. The van der Waals surface area contributed by atoms with Gasteiger partial charge in [0.25, 0.3) is 0 Å². The van der Waals surface area contributed by atoms with Gasteiger partial charge < -0.3 is 5.32 Å². The number of nitrogens with one attached hydrogen (secondary N) is 1. The van der Waals surface area contributed by atoms with E-state index in [4.69, 9.17) is 0 Å². The number of aromatic nitrogens is 1. The number of aryl methyl sites for hydroxylation is 1. The Kier molecular flexibility index (Phi) is 4.18. The lowest BCUT2D eigenvalue weighted by molar-refractivity contribution is 0.413. The van der Waals surface area contributed by atoms with Crippen molar-refractivity contribution in [3.05, 3.63) is 63.9 Å². The molecule has 0 saturated carbocycles. The third-order valence-electron chi connectivity index (χ3n) is 4.07. The minimum Gasteiger partial charge on any atom is -0.307 e. The second-order valence-electron chi connectivity index (χ2n) is 5.53. The molecule has 0 bridgehead atoms. The number of hydrogen-bond acceptors (Lipinski definition) is 2. The summed E-state index contributed by atoms with van der Waals surface area (Å²) >= 11 is 3.55. The van der Waals surface area contributed by atoms with E-state index in [1.54, 1.807) is 0 Å². The van der Waals surface area contributed by atoms with Crippen LogP contribution in [0.1, 0.15) is 36.1 Å². The highest BCUT2D eigenvalue weighted by Crippen LogP contribution is 2.26. The molecular formula is C17H19BrN2. The number of pyridine rings is 1. The van der Waals surface area contributed by atoms with Gasteiger partial charge in [-0.05, 0) is 61.1 Å². The monoisotopic (exact) mass is 330 g/mol. The molecule has 3 heteroatoms. The van der Waals surface area contributed by atoms with Crippen LogP contribution in [0.3, 0.4) is 0 Å². The molecule has 1 aromatic carbocycles. The Morgan fingerprint density at radius 1 is 1.30 bits per heavy atom. The van der Waals surface area contributed by atoms with Crippen molar-refractivity contribution in [2.45, 2.75) is 38.3 Å². The summed E-state index contributed by atoms with van der Waals surface area (Å²) in [5.74, 6) is 0. The van der Waals surface area contributed by atoms with E-state index < -0.39 is 0 Å². The topological polar surface area (TPSA) is 24.9 Å². The zero-order chi connectivity index (χ0) is 13.9. The summed E-state index contributed by atoms with van der Waals surface area (Å²) < 4.78 is 1.19. The molecule has 0 saturated heterocycles. The summed E-state index contributed by atoms with van der Waals surface area (Å²) in [6, 6.07) is 11.7. The zero-order valence-corrected chi connectivity index (χ0v) is 13.2. The number of hydrogen-bond donors (Lipinski definition) is 1. The van der Waals surface area contributed by atoms with Crippen molar-refractivity contribution < 1.29 is 0 Å². The number of nitrogens with zero attached hydrogens (tertiary/aromatic N) is 1. The quantitative estimate of drug-likeness (QED) is 0.918. The second kappa shape index (κ2) is 6.06. The molecule has 1 unspecified atom stereocenters. The average molecular weight is 331 g/mol. The standard InChI is InChI=1S/C17H19BrN2/c1-12(15-3-2-8-19-11-15)20-17-7-5-13-9-16(18)6-4-14(13)10-17/h2-4,6,8-9,11-12,17,20H,5,7,10H2,1H3/t12-,17?/m0/s1. The molecule has 0 amide bonds. The fraction of sp³-hybridized carbons (Fsp3) is 0.353. The van der Waals surface area contributed by atoms with E-state index in [0.717, 1.165) is 12.8 Å². The summed E-state index contributed by atoms with van der Waals surface area (Å²) in [6.45, 7) is 2.22. The Balaban J connectivity index is 1.67. The molecule has 20 heavy (non-hydrogen) atoms. The smallest absolute Gasteiger partial charge is 0.0315 e. The lowest BCUT2D eigenvalue weighted by Gasteiger charge is -2.28. The largest absolute Gasteiger partial charge is 0.307 e. The Morgan fingerprint density at radius 2 is 2.20 bits per heavy atom. The van der Waals surface area contributed by atoms with E-state index in [1.165, 1.54) is 27.6 Å². The maximum Gasteiger partial charge on any atom is 0.0315 e. The minimum atomic E-state index is 0.352. The van der Waals surface area contributed by atoms with E-state index in [9.17, 15) is 0 Å². The summed E-state index contributed by atoms with van der Waals surface area (Å²) in [5.41, 5.74) is 4.23. The first-order chi connectivity index (χ1) is 9.72. The first kappa shape index (κ1) is 13.8. The predicted octanol–water partition coefficient (Wildman–Crippen LogP) is 4.05. The summed E-state index contributed by atoms with van der Waals surface area (Å²) in [5, 5.41) is 3.74. The molecule has 1 aromatic heterocycles. The predicted molar refractivity (Wildman–Crippen MR) is 85.7 cm³/mol. The van der Waals surface area contributed by atoms with Gasteiger partial charge in [-0.2, -0.15) is 0 Å². The van der Waals surface area contributed by atoms with E-state index >= 15 is 0 Å². The highest BCUT2D eigenvalue weighted by atomic mass is 79.9. The fourth-order valence-corrected chi connectivity index (χ4v) is 3.36. The van der Waals surface area contributed by atoms with Crippen LogP contribution in [0.25, 0.3) is 0 Å². The zero-order valence-electron chi connectivity index (χ0n) is 11.6. The van der Waals surface area contributed by atoms with Gasteiger partial charge in [0, 0.05) is 29.0 Å². The highest BCUT2D eigenvalue weighted by molar-refractivity contribution is 9.10. The van der Waals surface area contributed by atoms with Crippen LogP contribution >= 0.6 is 15.9 Å². The molecule has 2 atom stereocenters. The van der Waals surface area contributed by atoms with Gasteiger partial charge in [0.05, 0.1) is 0 Å². The van der Waals surface area contributed by atoms with Crippen LogP contribution in [-0.2, 0) is 12.8 Å². The number of halogens is 1. The van der Waals surface area contributed by atoms with Crippen LogP contribution in [-0.4, -0.2) is 11.0 Å². The highest BCUT2D eigenvalue weighted by Gasteiger charge is 2.20. The molecule has 1 N–H and O–H groups in total. The lowest BCUT2D eigenvalue weighted by atomic mass is 9.88. The molecule has 0 spiro atoms. The summed E-state index contributed by atoms with van der Waals surface area (Å²) in [4.78, 5) is 4.20. The number of benzene rings is 1. The summed E-state index contributed by atoms with van der Waals surface area (Å²) in [6.07, 6.45) is 7.25. The Labute approximate surface area is 128 Å². The van der Waals surface area contributed by atoms with E-state index in [1.807, 2.05) is 18.5 Å². The van der Waals surface area contributed by atoms with Crippen molar-refractivity contribution in [3.63, 3.8) is 0 Å². The molecule has 3 rings (SSSR count). The van der Waals surface area contributed by atoms with E-state index in [2.05, 4.69) is 57.4 Å². The van der Waals surface area contributed by atoms with Crippen LogP contribution < -0.4 is 5.32 Å². The number of rotatable bonds is 3. The Hall–Kier alpha value is -1.19. The first-order valence-electron chi connectivity index (χ1n) is 7.15. The van der Waals surface area contributed by atoms with Gasteiger partial charge in [0.1, 0.15) is 0 Å². The third kappa shape index (κ3) is 3.10. The molecule has 2 nitrogen and oxygen atoms in total. The van der Waals surface area contributed by atoms with Crippen molar-refractivity contribution in [2.75, 3.05) is 0 Å². The van der Waals surface area contributed by atoms with Crippen molar-refractivity contribution in [3.8, 4) is 0 Å². The Bertz CT molecular complexity index is 583. The van der Waals surface area contributed by atoms with E-state index in [-0.39, 0.29) is 0 Å². The molecule has 1 aliphatic rings. The molecular weight excluding hydrogens is 312 g/mol. The SMILES string of the molecule is C[C@H](NC1CCc2cc(Br)ccc2C1)c1cccnc1. The van der Waals surface area contributed by atoms with Crippen LogP contribution in [0.4, 0.5) is 0 Å². The van der Waals surface area contributed by atoms with Crippen LogP contribution in [0.15, 0.2) is 47.2 Å². The molecule has 1 heterocycles. The molecule has 0 fully saturated rings. The minimum absolute atomic E-state index is 0.352. The van der Waals surface area contributed by atoms with Gasteiger partial charge in [-0.15, -0.1) is 0 Å². The van der Waals surface area contributed by atoms with Crippen LogP contribution in [0.2, 0.25) is 0 Å².